The van der Waals surface area contributed by atoms with Gasteiger partial charge >= 0.3 is 0 Å². The van der Waals surface area contributed by atoms with Crippen molar-refractivity contribution in [1.82, 2.24) is 0 Å². The minimum absolute atomic E-state index is 0.0666. The van der Waals surface area contributed by atoms with Crippen LogP contribution in [0.3, 0.4) is 0 Å². The van der Waals surface area contributed by atoms with Crippen molar-refractivity contribution in [2.75, 3.05) is 0 Å². The van der Waals surface area contributed by atoms with Crippen LogP contribution in [-0.2, 0) is 16.7 Å². The largest absolute Gasteiger partial charge is 0.370 e. The van der Waals surface area contributed by atoms with Gasteiger partial charge in [0.1, 0.15) is 0 Å². The third-order valence-corrected chi connectivity index (χ3v) is 3.70. The number of rotatable bonds is 3. The van der Waals surface area contributed by atoms with Gasteiger partial charge in [0.15, 0.2) is 5.96 Å². The van der Waals surface area contributed by atoms with Gasteiger partial charge in [-0.05, 0) is 24.6 Å². The SMILES string of the molecule is Cc1ccc(S(=O)(=O)O)cc1.NC(N)=NC(N)=NCc1ccccc1. The van der Waals surface area contributed by atoms with Gasteiger partial charge in [-0.3, -0.25) is 4.55 Å². The molecule has 0 fully saturated rings. The minimum atomic E-state index is -4.02. The maximum Gasteiger partial charge on any atom is 0.294 e. The molecule has 2 aromatic rings. The summed E-state index contributed by atoms with van der Waals surface area (Å²) in [7, 11) is -4.02. The zero-order valence-electron chi connectivity index (χ0n) is 13.7. The second-order valence-corrected chi connectivity index (χ2v) is 6.41. The van der Waals surface area contributed by atoms with Crippen LogP contribution in [0.4, 0.5) is 0 Å². The summed E-state index contributed by atoms with van der Waals surface area (Å²) in [6, 6.07) is 15.7. The molecule has 25 heavy (non-hydrogen) atoms. The van der Waals surface area contributed by atoms with Gasteiger partial charge in [0.25, 0.3) is 10.1 Å². The Kier molecular flexibility index (Phi) is 7.57. The van der Waals surface area contributed by atoms with E-state index in [0.717, 1.165) is 11.1 Å². The standard InChI is InChI=1S/C9H13N5.C7H8O3S/c10-8(11)14-9(12)13-6-7-4-2-1-3-5-7;1-6-2-4-7(5-3-6)11(8,9)10/h1-5H,6H2,(H6,10,11,12,13,14);2-5H,1H3,(H,8,9,10). The van der Waals surface area contributed by atoms with E-state index in [1.54, 1.807) is 12.1 Å². The van der Waals surface area contributed by atoms with Crippen LogP contribution < -0.4 is 17.2 Å². The highest BCUT2D eigenvalue weighted by Crippen LogP contribution is 2.08. The summed E-state index contributed by atoms with van der Waals surface area (Å²) < 4.78 is 29.6. The van der Waals surface area contributed by atoms with E-state index in [4.69, 9.17) is 21.8 Å². The first-order valence-corrected chi connectivity index (χ1v) is 8.60. The van der Waals surface area contributed by atoms with Crippen LogP contribution in [-0.4, -0.2) is 24.9 Å². The Hall–Kier alpha value is -2.91. The molecule has 0 aromatic heterocycles. The fourth-order valence-corrected chi connectivity index (χ4v) is 2.11. The second kappa shape index (κ2) is 9.40. The molecule has 9 heteroatoms. The maximum atomic E-state index is 10.5. The first kappa shape index (κ1) is 20.1. The number of hydrogen-bond acceptors (Lipinski definition) is 3. The van der Waals surface area contributed by atoms with E-state index in [9.17, 15) is 8.42 Å². The Labute approximate surface area is 146 Å². The lowest BCUT2D eigenvalue weighted by atomic mass is 10.2. The number of hydrogen-bond donors (Lipinski definition) is 4. The quantitative estimate of drug-likeness (QED) is 0.362. The number of benzene rings is 2. The normalized spacial score (nSPS) is 11.2. The Morgan fingerprint density at radius 1 is 1.00 bits per heavy atom. The monoisotopic (exact) mass is 363 g/mol. The van der Waals surface area contributed by atoms with Gasteiger partial charge in [-0.15, -0.1) is 0 Å². The molecule has 0 atom stereocenters. The van der Waals surface area contributed by atoms with Gasteiger partial charge in [-0.1, -0.05) is 48.0 Å². The van der Waals surface area contributed by atoms with Crippen molar-refractivity contribution < 1.29 is 13.0 Å². The summed E-state index contributed by atoms with van der Waals surface area (Å²) >= 11 is 0. The predicted molar refractivity (Wildman–Crippen MR) is 98.6 cm³/mol. The molecule has 0 radical (unpaired) electrons. The van der Waals surface area contributed by atoms with E-state index < -0.39 is 10.1 Å². The minimum Gasteiger partial charge on any atom is -0.370 e. The smallest absolute Gasteiger partial charge is 0.294 e. The van der Waals surface area contributed by atoms with Gasteiger partial charge in [0, 0.05) is 0 Å². The van der Waals surface area contributed by atoms with Gasteiger partial charge in [-0.25, -0.2) is 4.99 Å². The molecule has 0 aliphatic carbocycles. The highest BCUT2D eigenvalue weighted by atomic mass is 32.2. The van der Waals surface area contributed by atoms with Crippen molar-refractivity contribution >= 4 is 22.0 Å². The maximum absolute atomic E-state index is 10.5. The van der Waals surface area contributed by atoms with Crippen LogP contribution in [0.15, 0.2) is 69.5 Å². The van der Waals surface area contributed by atoms with Gasteiger partial charge in [0.05, 0.1) is 11.4 Å². The van der Waals surface area contributed by atoms with E-state index in [0.29, 0.717) is 6.54 Å². The molecule has 134 valence electrons. The summed E-state index contributed by atoms with van der Waals surface area (Å²) in [6.07, 6.45) is 0. The van der Waals surface area contributed by atoms with Crippen LogP contribution in [0.25, 0.3) is 0 Å². The zero-order chi connectivity index (χ0) is 18.9. The highest BCUT2D eigenvalue weighted by Gasteiger charge is 2.06. The Morgan fingerprint density at radius 2 is 1.56 bits per heavy atom. The van der Waals surface area contributed by atoms with Crippen LogP contribution in [0, 0.1) is 6.92 Å². The number of nitrogens with zero attached hydrogens (tertiary/aromatic N) is 2. The molecule has 0 saturated heterocycles. The van der Waals surface area contributed by atoms with Crippen LogP contribution in [0.2, 0.25) is 0 Å². The molecule has 8 nitrogen and oxygen atoms in total. The fraction of sp³-hybridized carbons (Fsp3) is 0.125. The Morgan fingerprint density at radius 3 is 2.04 bits per heavy atom. The van der Waals surface area contributed by atoms with Crippen LogP contribution in [0.1, 0.15) is 11.1 Å². The molecule has 0 bridgehead atoms. The molecular weight excluding hydrogens is 342 g/mol. The van der Waals surface area contributed by atoms with Crippen molar-refractivity contribution in [2.24, 2.45) is 27.2 Å². The third-order valence-electron chi connectivity index (χ3n) is 2.83. The third kappa shape index (κ3) is 8.49. The summed E-state index contributed by atoms with van der Waals surface area (Å²) in [6.45, 7) is 2.32. The van der Waals surface area contributed by atoms with Crippen molar-refractivity contribution in [2.45, 2.75) is 18.4 Å². The van der Waals surface area contributed by atoms with Crippen LogP contribution in [0.5, 0.6) is 0 Å². The first-order valence-electron chi connectivity index (χ1n) is 7.16. The topological polar surface area (TPSA) is 157 Å². The van der Waals surface area contributed by atoms with Crippen molar-refractivity contribution in [1.29, 1.82) is 0 Å². The summed E-state index contributed by atoms with van der Waals surface area (Å²) in [5.74, 6) is 0.00756. The van der Waals surface area contributed by atoms with Crippen molar-refractivity contribution in [3.63, 3.8) is 0 Å². The molecule has 0 aliphatic heterocycles. The number of nitrogens with two attached hydrogens (primary N) is 3. The van der Waals surface area contributed by atoms with E-state index in [-0.39, 0.29) is 16.8 Å². The fourth-order valence-electron chi connectivity index (χ4n) is 1.63. The number of aliphatic imine (C=N–C) groups is 2. The van der Waals surface area contributed by atoms with Gasteiger partial charge in [-0.2, -0.15) is 13.4 Å². The molecule has 0 amide bonds. The lowest BCUT2D eigenvalue weighted by molar-refractivity contribution is 0.483. The van der Waals surface area contributed by atoms with E-state index in [2.05, 4.69) is 9.98 Å². The van der Waals surface area contributed by atoms with Crippen molar-refractivity contribution in [3.05, 3.63) is 65.7 Å². The zero-order valence-corrected chi connectivity index (χ0v) is 14.5. The second-order valence-electron chi connectivity index (χ2n) is 4.98. The highest BCUT2D eigenvalue weighted by molar-refractivity contribution is 7.85. The Balaban J connectivity index is 0.000000257. The lowest BCUT2D eigenvalue weighted by Crippen LogP contribution is -2.26. The predicted octanol–water partition coefficient (Wildman–Crippen LogP) is 1.02. The van der Waals surface area contributed by atoms with Gasteiger partial charge in [0.2, 0.25) is 5.96 Å². The summed E-state index contributed by atoms with van der Waals surface area (Å²) in [4.78, 5) is 7.51. The van der Waals surface area contributed by atoms with E-state index >= 15 is 0 Å². The molecule has 0 saturated carbocycles. The van der Waals surface area contributed by atoms with Crippen LogP contribution >= 0.6 is 0 Å². The number of guanidine groups is 2. The number of aryl methyl sites for hydroxylation is 1. The summed E-state index contributed by atoms with van der Waals surface area (Å²) in [5, 5.41) is 0. The van der Waals surface area contributed by atoms with Gasteiger partial charge < -0.3 is 17.2 Å². The molecule has 0 spiro atoms. The molecule has 0 aliphatic rings. The molecule has 7 N–H and O–H groups in total. The average Bonchev–Trinajstić information content (AvgIpc) is 2.53. The summed E-state index contributed by atoms with van der Waals surface area (Å²) in [5.41, 5.74) is 17.7. The molecule has 0 unspecified atom stereocenters. The Bertz CT molecular complexity index is 828. The molecule has 2 aromatic carbocycles. The van der Waals surface area contributed by atoms with E-state index in [1.165, 1.54) is 12.1 Å². The van der Waals surface area contributed by atoms with Crippen molar-refractivity contribution in [3.8, 4) is 0 Å². The molecule has 0 heterocycles. The van der Waals surface area contributed by atoms with E-state index in [1.807, 2.05) is 37.3 Å². The first-order chi connectivity index (χ1) is 11.7. The molecular formula is C16H21N5O3S. The average molecular weight is 363 g/mol. The lowest BCUT2D eigenvalue weighted by Gasteiger charge is -1.96. The molecule has 2 rings (SSSR count).